The van der Waals surface area contributed by atoms with Crippen molar-refractivity contribution in [1.29, 1.82) is 0 Å². The monoisotopic (exact) mass is 267 g/mol. The predicted molar refractivity (Wildman–Crippen MR) is 69.2 cm³/mol. The molecule has 4 nitrogen and oxygen atoms in total. The number of aryl methyl sites for hydroxylation is 1. The van der Waals surface area contributed by atoms with E-state index in [1.807, 2.05) is 0 Å². The molecule has 19 heavy (non-hydrogen) atoms. The number of carboxylic acids is 1. The van der Waals surface area contributed by atoms with Crippen molar-refractivity contribution in [2.75, 3.05) is 0 Å². The van der Waals surface area contributed by atoms with E-state index in [1.165, 1.54) is 30.0 Å². The second-order valence-corrected chi connectivity index (χ2v) is 4.95. The largest absolute Gasteiger partial charge is 0.479 e. The number of benzene rings is 1. The van der Waals surface area contributed by atoms with E-state index in [1.54, 1.807) is 20.8 Å². The molecule has 0 aromatic heterocycles. The molecule has 0 bridgehead atoms. The highest BCUT2D eigenvalue weighted by Gasteiger charge is 2.42. The second-order valence-electron chi connectivity index (χ2n) is 4.95. The standard InChI is InChI=1S/C14H18FNO3/c1-9(2)16(8-17)14(4,13(18)19)11-6-5-10(3)12(15)7-11/h5-9H,1-4H3,(H,18,19). The van der Waals surface area contributed by atoms with Crippen LogP contribution in [0.5, 0.6) is 0 Å². The van der Waals surface area contributed by atoms with Crippen molar-refractivity contribution in [3.05, 3.63) is 35.1 Å². The van der Waals surface area contributed by atoms with Crippen molar-refractivity contribution in [2.45, 2.75) is 39.3 Å². The van der Waals surface area contributed by atoms with Gasteiger partial charge in [0.05, 0.1) is 0 Å². The molecule has 1 atom stereocenters. The molecule has 5 heteroatoms. The molecule has 0 saturated carbocycles. The summed E-state index contributed by atoms with van der Waals surface area (Å²) in [5.74, 6) is -1.68. The zero-order valence-corrected chi connectivity index (χ0v) is 11.5. The molecule has 0 saturated heterocycles. The van der Waals surface area contributed by atoms with Gasteiger partial charge in [0.15, 0.2) is 5.54 Å². The molecular weight excluding hydrogens is 249 g/mol. The zero-order valence-electron chi connectivity index (χ0n) is 11.5. The molecule has 1 amide bonds. The van der Waals surface area contributed by atoms with Crippen LogP contribution in [0.2, 0.25) is 0 Å². The van der Waals surface area contributed by atoms with Crippen LogP contribution >= 0.6 is 0 Å². The summed E-state index contributed by atoms with van der Waals surface area (Å²) in [6.45, 7) is 6.41. The molecule has 1 aromatic rings. The summed E-state index contributed by atoms with van der Waals surface area (Å²) in [6.07, 6.45) is 0.483. The maximum Gasteiger partial charge on any atom is 0.334 e. The minimum Gasteiger partial charge on any atom is -0.479 e. The molecule has 1 aromatic carbocycles. The molecule has 0 radical (unpaired) electrons. The molecule has 1 N–H and O–H groups in total. The average molecular weight is 267 g/mol. The SMILES string of the molecule is Cc1ccc(C(C)(C(=O)O)N(C=O)C(C)C)cc1F. The number of halogens is 1. The van der Waals surface area contributed by atoms with Gasteiger partial charge in [-0.05, 0) is 44.9 Å². The number of hydrogen-bond acceptors (Lipinski definition) is 2. The first kappa shape index (κ1) is 15.1. The molecule has 0 aliphatic carbocycles. The average Bonchev–Trinajstić information content (AvgIpc) is 2.32. The zero-order chi connectivity index (χ0) is 14.8. The number of nitrogens with zero attached hydrogens (tertiary/aromatic N) is 1. The van der Waals surface area contributed by atoms with Crippen LogP contribution in [0.15, 0.2) is 18.2 Å². The lowest BCUT2D eigenvalue weighted by molar-refractivity contribution is -0.156. The first-order valence-corrected chi connectivity index (χ1v) is 5.99. The van der Waals surface area contributed by atoms with Crippen molar-refractivity contribution >= 4 is 12.4 Å². The van der Waals surface area contributed by atoms with Gasteiger partial charge in [-0.1, -0.05) is 12.1 Å². The van der Waals surface area contributed by atoms with E-state index in [0.717, 1.165) is 0 Å². The molecule has 104 valence electrons. The van der Waals surface area contributed by atoms with Gasteiger partial charge in [0, 0.05) is 6.04 Å². The van der Waals surface area contributed by atoms with Gasteiger partial charge in [0.1, 0.15) is 5.82 Å². The number of aliphatic carboxylic acids is 1. The predicted octanol–water partition coefficient (Wildman–Crippen LogP) is 2.30. The Morgan fingerprint density at radius 2 is 2.05 bits per heavy atom. The van der Waals surface area contributed by atoms with E-state index < -0.39 is 17.3 Å². The number of hydrogen-bond donors (Lipinski definition) is 1. The summed E-state index contributed by atoms with van der Waals surface area (Å²) in [5.41, 5.74) is -0.924. The molecule has 0 aliphatic rings. The van der Waals surface area contributed by atoms with Gasteiger partial charge in [-0.3, -0.25) is 4.79 Å². The Morgan fingerprint density at radius 1 is 1.47 bits per heavy atom. The minimum atomic E-state index is -1.59. The fourth-order valence-corrected chi connectivity index (χ4v) is 2.02. The van der Waals surface area contributed by atoms with Crippen LogP contribution in [-0.4, -0.2) is 28.4 Å². The van der Waals surface area contributed by atoms with Gasteiger partial charge in [-0.25, -0.2) is 9.18 Å². The third-order valence-electron chi connectivity index (χ3n) is 3.34. The van der Waals surface area contributed by atoms with Crippen molar-refractivity contribution in [1.82, 2.24) is 4.90 Å². The molecule has 0 heterocycles. The lowest BCUT2D eigenvalue weighted by atomic mass is 9.88. The van der Waals surface area contributed by atoms with Crippen LogP contribution < -0.4 is 0 Å². The Kier molecular flexibility index (Phi) is 4.29. The highest BCUT2D eigenvalue weighted by atomic mass is 19.1. The smallest absolute Gasteiger partial charge is 0.334 e. The van der Waals surface area contributed by atoms with Crippen LogP contribution in [0, 0.1) is 12.7 Å². The van der Waals surface area contributed by atoms with Crippen molar-refractivity contribution in [2.24, 2.45) is 0 Å². The fourth-order valence-electron chi connectivity index (χ4n) is 2.02. The van der Waals surface area contributed by atoms with E-state index in [2.05, 4.69) is 0 Å². The van der Waals surface area contributed by atoms with Crippen LogP contribution in [0.25, 0.3) is 0 Å². The number of carbonyl (C=O) groups is 2. The molecule has 1 rings (SSSR count). The topological polar surface area (TPSA) is 57.6 Å². The van der Waals surface area contributed by atoms with E-state index in [9.17, 15) is 19.1 Å². The summed E-state index contributed by atoms with van der Waals surface area (Å²) in [5, 5.41) is 9.47. The van der Waals surface area contributed by atoms with Crippen LogP contribution in [0.4, 0.5) is 4.39 Å². The van der Waals surface area contributed by atoms with Crippen LogP contribution in [0.3, 0.4) is 0 Å². The van der Waals surface area contributed by atoms with Crippen LogP contribution in [-0.2, 0) is 15.1 Å². The fraction of sp³-hybridized carbons (Fsp3) is 0.429. The van der Waals surface area contributed by atoms with E-state index in [0.29, 0.717) is 12.0 Å². The third-order valence-corrected chi connectivity index (χ3v) is 3.34. The van der Waals surface area contributed by atoms with E-state index in [4.69, 9.17) is 0 Å². The van der Waals surface area contributed by atoms with Crippen molar-refractivity contribution < 1.29 is 19.1 Å². The lowest BCUT2D eigenvalue weighted by Crippen LogP contribution is -2.52. The number of rotatable bonds is 5. The maximum absolute atomic E-state index is 13.6. The van der Waals surface area contributed by atoms with E-state index >= 15 is 0 Å². The third kappa shape index (κ3) is 2.59. The van der Waals surface area contributed by atoms with Crippen molar-refractivity contribution in [3.63, 3.8) is 0 Å². The first-order chi connectivity index (χ1) is 8.75. The normalized spacial score (nSPS) is 14.0. The Labute approximate surface area is 111 Å². The molecule has 0 aliphatic heterocycles. The summed E-state index contributed by atoms with van der Waals surface area (Å²) < 4.78 is 13.6. The van der Waals surface area contributed by atoms with Crippen LogP contribution in [0.1, 0.15) is 31.9 Å². The Bertz CT molecular complexity index is 501. The highest BCUT2D eigenvalue weighted by Crippen LogP contribution is 2.30. The minimum absolute atomic E-state index is 0.240. The summed E-state index contributed by atoms with van der Waals surface area (Å²) in [6, 6.07) is 3.89. The van der Waals surface area contributed by atoms with Gasteiger partial charge in [0.25, 0.3) is 0 Å². The van der Waals surface area contributed by atoms with E-state index in [-0.39, 0.29) is 11.6 Å². The second kappa shape index (κ2) is 5.38. The molecular formula is C14H18FNO3. The van der Waals surface area contributed by atoms with Crippen molar-refractivity contribution in [3.8, 4) is 0 Å². The Morgan fingerprint density at radius 3 is 2.42 bits per heavy atom. The summed E-state index contributed by atoms with van der Waals surface area (Å²) in [4.78, 5) is 24.0. The van der Waals surface area contributed by atoms with Gasteiger partial charge >= 0.3 is 5.97 Å². The van der Waals surface area contributed by atoms with Gasteiger partial charge < -0.3 is 10.0 Å². The Balaban J connectivity index is 3.44. The van der Waals surface area contributed by atoms with Gasteiger partial charge in [0.2, 0.25) is 6.41 Å². The molecule has 1 unspecified atom stereocenters. The molecule has 0 spiro atoms. The summed E-state index contributed by atoms with van der Waals surface area (Å²) in [7, 11) is 0. The highest BCUT2D eigenvalue weighted by molar-refractivity contribution is 5.83. The quantitative estimate of drug-likeness (QED) is 0.833. The lowest BCUT2D eigenvalue weighted by Gasteiger charge is -2.38. The maximum atomic E-state index is 13.6. The van der Waals surface area contributed by atoms with Gasteiger partial charge in [-0.15, -0.1) is 0 Å². The number of carboxylic acid groups (broad SMARTS) is 1. The first-order valence-electron chi connectivity index (χ1n) is 5.99. The Hall–Kier alpha value is -1.91. The number of amides is 1. The number of carbonyl (C=O) groups excluding carboxylic acids is 1. The van der Waals surface area contributed by atoms with Gasteiger partial charge in [-0.2, -0.15) is 0 Å². The molecule has 0 fully saturated rings. The summed E-state index contributed by atoms with van der Waals surface area (Å²) >= 11 is 0.